The van der Waals surface area contributed by atoms with Gasteiger partial charge in [-0.2, -0.15) is 0 Å². The van der Waals surface area contributed by atoms with Gasteiger partial charge in [-0.05, 0) is 13.0 Å². The van der Waals surface area contributed by atoms with Gasteiger partial charge in [0.25, 0.3) is 0 Å². The highest BCUT2D eigenvalue weighted by molar-refractivity contribution is 5.17. The Morgan fingerprint density at radius 1 is 1.43 bits per heavy atom. The molecule has 2 heterocycles. The van der Waals surface area contributed by atoms with Crippen LogP contribution in [0.25, 0.3) is 0 Å². The lowest BCUT2D eigenvalue weighted by Crippen LogP contribution is -2.30. The van der Waals surface area contributed by atoms with E-state index in [-0.39, 0.29) is 0 Å². The number of nitrogens with zero attached hydrogens (tertiary/aromatic N) is 2. The molecular formula is C11H19N3. The predicted octanol–water partition coefficient (Wildman–Crippen LogP) is 1.74. The lowest BCUT2D eigenvalue weighted by atomic mass is 10.1. The molecule has 0 saturated carbocycles. The largest absolute Gasteiger partial charge is 0.345 e. The van der Waals surface area contributed by atoms with E-state index in [9.17, 15) is 0 Å². The SMILES string of the molecule is CCCc1nc2c([nH]1)CN(CC)CC2. The molecule has 2 rings (SSSR count). The molecule has 0 atom stereocenters. The third-order valence-corrected chi connectivity index (χ3v) is 2.89. The summed E-state index contributed by atoms with van der Waals surface area (Å²) >= 11 is 0. The van der Waals surface area contributed by atoms with Crippen LogP contribution in [-0.2, 0) is 19.4 Å². The Morgan fingerprint density at radius 3 is 3.00 bits per heavy atom. The number of fused-ring (bicyclic) bond motifs is 1. The summed E-state index contributed by atoms with van der Waals surface area (Å²) in [5.41, 5.74) is 2.65. The Morgan fingerprint density at radius 2 is 2.29 bits per heavy atom. The maximum absolute atomic E-state index is 4.63. The van der Waals surface area contributed by atoms with Crippen LogP contribution in [0.4, 0.5) is 0 Å². The molecule has 0 spiro atoms. The van der Waals surface area contributed by atoms with Gasteiger partial charge in [-0.3, -0.25) is 4.90 Å². The minimum atomic E-state index is 1.06. The third-order valence-electron chi connectivity index (χ3n) is 2.89. The number of likely N-dealkylation sites (N-methyl/N-ethyl adjacent to an activating group) is 1. The maximum Gasteiger partial charge on any atom is 0.106 e. The lowest BCUT2D eigenvalue weighted by Gasteiger charge is -2.23. The van der Waals surface area contributed by atoms with Gasteiger partial charge in [0, 0.05) is 25.9 Å². The van der Waals surface area contributed by atoms with Gasteiger partial charge in [0.1, 0.15) is 5.82 Å². The van der Waals surface area contributed by atoms with Gasteiger partial charge in [0.15, 0.2) is 0 Å². The molecule has 0 amide bonds. The molecule has 3 nitrogen and oxygen atoms in total. The molecule has 14 heavy (non-hydrogen) atoms. The summed E-state index contributed by atoms with van der Waals surface area (Å²) in [4.78, 5) is 10.5. The zero-order chi connectivity index (χ0) is 9.97. The summed E-state index contributed by atoms with van der Waals surface area (Å²) in [6.45, 7) is 7.78. The van der Waals surface area contributed by atoms with Crippen molar-refractivity contribution in [2.24, 2.45) is 0 Å². The molecular weight excluding hydrogens is 174 g/mol. The van der Waals surface area contributed by atoms with Crippen LogP contribution < -0.4 is 0 Å². The smallest absolute Gasteiger partial charge is 0.106 e. The van der Waals surface area contributed by atoms with Crippen molar-refractivity contribution in [3.05, 3.63) is 17.2 Å². The van der Waals surface area contributed by atoms with E-state index in [4.69, 9.17) is 0 Å². The summed E-state index contributed by atoms with van der Waals surface area (Å²) in [6, 6.07) is 0. The first-order valence-corrected chi connectivity index (χ1v) is 5.62. The Labute approximate surface area is 85.5 Å². The van der Waals surface area contributed by atoms with Crippen LogP contribution in [0.15, 0.2) is 0 Å². The fourth-order valence-corrected chi connectivity index (χ4v) is 2.03. The number of aromatic nitrogens is 2. The van der Waals surface area contributed by atoms with Crippen molar-refractivity contribution in [2.75, 3.05) is 13.1 Å². The van der Waals surface area contributed by atoms with Gasteiger partial charge in [-0.25, -0.2) is 4.98 Å². The van der Waals surface area contributed by atoms with E-state index < -0.39 is 0 Å². The van der Waals surface area contributed by atoms with Crippen molar-refractivity contribution >= 4 is 0 Å². The summed E-state index contributed by atoms with van der Waals surface area (Å²) in [6.07, 6.45) is 3.37. The number of aromatic amines is 1. The molecule has 1 N–H and O–H groups in total. The molecule has 1 aliphatic heterocycles. The van der Waals surface area contributed by atoms with Crippen LogP contribution in [0, 0.1) is 0 Å². The average molecular weight is 193 g/mol. The van der Waals surface area contributed by atoms with Crippen molar-refractivity contribution in [2.45, 2.75) is 39.7 Å². The van der Waals surface area contributed by atoms with E-state index in [1.807, 2.05) is 0 Å². The topological polar surface area (TPSA) is 31.9 Å². The molecule has 78 valence electrons. The van der Waals surface area contributed by atoms with Crippen LogP contribution in [0.2, 0.25) is 0 Å². The first kappa shape index (κ1) is 9.71. The molecule has 0 unspecified atom stereocenters. The molecule has 0 saturated heterocycles. The van der Waals surface area contributed by atoms with Gasteiger partial charge in [-0.15, -0.1) is 0 Å². The first-order valence-electron chi connectivity index (χ1n) is 5.62. The molecule has 0 aromatic carbocycles. The second-order valence-corrected chi connectivity index (χ2v) is 3.98. The second-order valence-electron chi connectivity index (χ2n) is 3.98. The van der Waals surface area contributed by atoms with Crippen LogP contribution >= 0.6 is 0 Å². The quantitative estimate of drug-likeness (QED) is 0.793. The Kier molecular flexibility index (Phi) is 2.87. The highest BCUT2D eigenvalue weighted by Gasteiger charge is 2.18. The van der Waals surface area contributed by atoms with Crippen LogP contribution in [0.5, 0.6) is 0 Å². The summed E-state index contributed by atoms with van der Waals surface area (Å²) < 4.78 is 0. The minimum absolute atomic E-state index is 1.06. The molecule has 0 radical (unpaired) electrons. The van der Waals surface area contributed by atoms with Gasteiger partial charge in [0.2, 0.25) is 0 Å². The van der Waals surface area contributed by atoms with Crippen LogP contribution in [0.3, 0.4) is 0 Å². The van der Waals surface area contributed by atoms with Crippen LogP contribution in [0.1, 0.15) is 37.5 Å². The number of rotatable bonds is 3. The molecule has 1 aliphatic rings. The molecule has 1 aromatic heterocycles. The maximum atomic E-state index is 4.63. The Balaban J connectivity index is 2.12. The van der Waals surface area contributed by atoms with Gasteiger partial charge < -0.3 is 4.98 Å². The van der Waals surface area contributed by atoms with Crippen molar-refractivity contribution in [1.29, 1.82) is 0 Å². The number of aryl methyl sites for hydroxylation is 1. The monoisotopic (exact) mass is 193 g/mol. The lowest BCUT2D eigenvalue weighted by molar-refractivity contribution is 0.263. The van der Waals surface area contributed by atoms with Crippen molar-refractivity contribution in [1.82, 2.24) is 14.9 Å². The molecule has 1 aromatic rings. The predicted molar refractivity (Wildman–Crippen MR) is 57.2 cm³/mol. The Bertz CT molecular complexity index is 303. The second kappa shape index (κ2) is 4.13. The Hall–Kier alpha value is -0.830. The van der Waals surface area contributed by atoms with Crippen molar-refractivity contribution < 1.29 is 0 Å². The van der Waals surface area contributed by atoms with Crippen molar-refractivity contribution in [3.63, 3.8) is 0 Å². The zero-order valence-electron chi connectivity index (χ0n) is 9.14. The van der Waals surface area contributed by atoms with Gasteiger partial charge in [-0.1, -0.05) is 13.8 Å². The fraction of sp³-hybridized carbons (Fsp3) is 0.727. The number of imidazole rings is 1. The van der Waals surface area contributed by atoms with E-state index in [2.05, 4.69) is 28.7 Å². The van der Waals surface area contributed by atoms with E-state index in [1.165, 1.54) is 30.2 Å². The number of hydrogen-bond acceptors (Lipinski definition) is 2. The minimum Gasteiger partial charge on any atom is -0.345 e. The number of H-pyrrole nitrogens is 1. The number of nitrogens with one attached hydrogen (secondary N) is 1. The highest BCUT2D eigenvalue weighted by atomic mass is 15.1. The summed E-state index contributed by atoms with van der Waals surface area (Å²) in [5.74, 6) is 1.18. The summed E-state index contributed by atoms with van der Waals surface area (Å²) in [5, 5.41) is 0. The van der Waals surface area contributed by atoms with E-state index in [1.54, 1.807) is 0 Å². The van der Waals surface area contributed by atoms with Crippen LogP contribution in [-0.4, -0.2) is 28.0 Å². The molecule has 0 bridgehead atoms. The van der Waals surface area contributed by atoms with E-state index >= 15 is 0 Å². The van der Waals surface area contributed by atoms with E-state index in [0.717, 1.165) is 25.9 Å². The normalized spacial score (nSPS) is 17.0. The van der Waals surface area contributed by atoms with Crippen molar-refractivity contribution in [3.8, 4) is 0 Å². The third kappa shape index (κ3) is 1.82. The number of hydrogen-bond donors (Lipinski definition) is 1. The van der Waals surface area contributed by atoms with Gasteiger partial charge in [0.05, 0.1) is 11.4 Å². The first-order chi connectivity index (χ1) is 6.83. The highest BCUT2D eigenvalue weighted by Crippen LogP contribution is 2.16. The van der Waals surface area contributed by atoms with E-state index in [0.29, 0.717) is 0 Å². The fourth-order valence-electron chi connectivity index (χ4n) is 2.03. The average Bonchev–Trinajstić information content (AvgIpc) is 2.59. The zero-order valence-corrected chi connectivity index (χ0v) is 9.14. The molecule has 3 heteroatoms. The standard InChI is InChI=1S/C11H19N3/c1-3-5-11-12-9-6-7-14(4-2)8-10(9)13-11/h3-8H2,1-2H3,(H,12,13). The summed E-state index contributed by atoms with van der Waals surface area (Å²) in [7, 11) is 0. The van der Waals surface area contributed by atoms with Gasteiger partial charge >= 0.3 is 0 Å². The molecule has 0 aliphatic carbocycles. The molecule has 0 fully saturated rings.